The fourth-order valence-electron chi connectivity index (χ4n) is 2.17. The maximum atomic E-state index is 11.9. The predicted molar refractivity (Wildman–Crippen MR) is 81.5 cm³/mol. The average molecular weight is 296 g/mol. The van der Waals surface area contributed by atoms with Crippen molar-refractivity contribution in [2.24, 2.45) is 5.73 Å². The van der Waals surface area contributed by atoms with E-state index < -0.39 is 0 Å². The molecule has 0 aliphatic heterocycles. The van der Waals surface area contributed by atoms with Crippen molar-refractivity contribution < 1.29 is 4.79 Å². The lowest BCUT2D eigenvalue weighted by molar-refractivity contribution is -0.122. The van der Waals surface area contributed by atoms with Gasteiger partial charge in [-0.15, -0.1) is 0 Å². The Hall–Kier alpha value is -1.10. The average Bonchev–Trinajstić information content (AvgIpc) is 3.22. The number of nitrogens with two attached hydrogens (primary N) is 1. The molecule has 1 aromatic carbocycles. The van der Waals surface area contributed by atoms with Crippen molar-refractivity contribution in [3.63, 3.8) is 0 Å². The van der Waals surface area contributed by atoms with Crippen LogP contribution in [0.25, 0.3) is 0 Å². The number of amides is 1. The Labute approximate surface area is 125 Å². The van der Waals surface area contributed by atoms with Crippen molar-refractivity contribution in [2.45, 2.75) is 37.9 Å². The predicted octanol–water partition coefficient (Wildman–Crippen LogP) is 1.77. The second-order valence-corrected chi connectivity index (χ2v) is 5.85. The number of benzene rings is 1. The van der Waals surface area contributed by atoms with Crippen LogP contribution in [0.2, 0.25) is 5.02 Å². The molecule has 0 bridgehead atoms. The van der Waals surface area contributed by atoms with Gasteiger partial charge in [0.15, 0.2) is 0 Å². The number of rotatable bonds is 7. The van der Waals surface area contributed by atoms with Crippen molar-refractivity contribution in [1.29, 1.82) is 0 Å². The van der Waals surface area contributed by atoms with Gasteiger partial charge in [-0.25, -0.2) is 0 Å². The first-order valence-corrected chi connectivity index (χ1v) is 7.41. The Morgan fingerprint density at radius 2 is 2.20 bits per heavy atom. The zero-order valence-electron chi connectivity index (χ0n) is 11.8. The second-order valence-electron chi connectivity index (χ2n) is 5.44. The minimum atomic E-state index is 0.0324. The number of carbonyl (C=O) groups excluding carboxylic acids is 1. The molecule has 1 amide bonds. The third-order valence-electron chi connectivity index (χ3n) is 3.64. The van der Waals surface area contributed by atoms with Gasteiger partial charge in [0, 0.05) is 36.6 Å². The van der Waals surface area contributed by atoms with Crippen LogP contribution in [0.3, 0.4) is 0 Å². The molecule has 1 aliphatic carbocycles. The largest absolute Gasteiger partial charge is 0.353 e. The highest BCUT2D eigenvalue weighted by Crippen LogP contribution is 2.20. The Kier molecular flexibility index (Phi) is 5.40. The molecule has 2 rings (SSSR count). The van der Waals surface area contributed by atoms with Crippen LogP contribution in [0.15, 0.2) is 24.3 Å². The van der Waals surface area contributed by atoms with Crippen LogP contribution >= 0.6 is 11.6 Å². The first kappa shape index (κ1) is 15.3. The van der Waals surface area contributed by atoms with E-state index in [4.69, 9.17) is 17.3 Å². The molecule has 1 fully saturated rings. The molecule has 1 aliphatic rings. The molecular weight excluding hydrogens is 274 g/mol. The van der Waals surface area contributed by atoms with E-state index in [0.29, 0.717) is 25.6 Å². The molecule has 0 heterocycles. The molecule has 1 saturated carbocycles. The molecule has 110 valence electrons. The van der Waals surface area contributed by atoms with E-state index in [1.54, 1.807) is 0 Å². The molecule has 1 aromatic rings. The van der Waals surface area contributed by atoms with Gasteiger partial charge in [-0.1, -0.05) is 29.8 Å². The SMILES string of the molecule is CN(Cc1ccccc1Cl)C(CN)CC(=O)NC1CC1. The standard InChI is InChI=1S/C15H22ClN3O/c1-19(10-11-4-2-3-5-14(11)16)13(9-17)8-15(20)18-12-6-7-12/h2-5,12-13H,6-10,17H2,1H3,(H,18,20). The van der Waals surface area contributed by atoms with Crippen LogP contribution in [0.1, 0.15) is 24.8 Å². The van der Waals surface area contributed by atoms with Crippen LogP contribution in [0.5, 0.6) is 0 Å². The van der Waals surface area contributed by atoms with E-state index in [9.17, 15) is 4.79 Å². The molecule has 0 radical (unpaired) electrons. The Morgan fingerprint density at radius 1 is 1.50 bits per heavy atom. The molecule has 20 heavy (non-hydrogen) atoms. The molecule has 3 N–H and O–H groups in total. The van der Waals surface area contributed by atoms with Crippen LogP contribution in [0, 0.1) is 0 Å². The lowest BCUT2D eigenvalue weighted by atomic mass is 10.1. The van der Waals surface area contributed by atoms with E-state index in [1.165, 1.54) is 0 Å². The molecule has 4 nitrogen and oxygen atoms in total. The topological polar surface area (TPSA) is 58.4 Å². The lowest BCUT2D eigenvalue weighted by Crippen LogP contribution is -2.42. The molecule has 0 saturated heterocycles. The summed E-state index contributed by atoms with van der Waals surface area (Å²) in [4.78, 5) is 14.0. The number of hydrogen-bond donors (Lipinski definition) is 2. The Balaban J connectivity index is 1.89. The third kappa shape index (κ3) is 4.47. The van der Waals surface area contributed by atoms with Crippen molar-refractivity contribution >= 4 is 17.5 Å². The number of hydrogen-bond acceptors (Lipinski definition) is 3. The summed E-state index contributed by atoms with van der Waals surface area (Å²) in [6.07, 6.45) is 2.65. The Bertz CT molecular complexity index is 462. The van der Waals surface area contributed by atoms with E-state index in [-0.39, 0.29) is 11.9 Å². The third-order valence-corrected chi connectivity index (χ3v) is 4.01. The molecule has 0 aromatic heterocycles. The summed E-state index contributed by atoms with van der Waals surface area (Å²) in [7, 11) is 1.98. The monoisotopic (exact) mass is 295 g/mol. The highest BCUT2D eigenvalue weighted by atomic mass is 35.5. The molecule has 5 heteroatoms. The molecular formula is C15H22ClN3O. The zero-order valence-corrected chi connectivity index (χ0v) is 12.6. The quantitative estimate of drug-likeness (QED) is 0.806. The summed E-state index contributed by atoms with van der Waals surface area (Å²) in [5.74, 6) is 0.0916. The van der Waals surface area contributed by atoms with Gasteiger partial charge >= 0.3 is 0 Å². The van der Waals surface area contributed by atoms with E-state index in [2.05, 4.69) is 10.2 Å². The summed E-state index contributed by atoms with van der Waals surface area (Å²) < 4.78 is 0. The highest BCUT2D eigenvalue weighted by Gasteiger charge is 2.25. The van der Waals surface area contributed by atoms with Crippen molar-refractivity contribution in [1.82, 2.24) is 10.2 Å². The lowest BCUT2D eigenvalue weighted by Gasteiger charge is -2.27. The van der Waals surface area contributed by atoms with Gasteiger partial charge in [-0.3, -0.25) is 9.69 Å². The normalized spacial score (nSPS) is 16.2. The maximum absolute atomic E-state index is 11.9. The summed E-state index contributed by atoms with van der Waals surface area (Å²) in [6.45, 7) is 1.15. The zero-order chi connectivity index (χ0) is 14.5. The van der Waals surface area contributed by atoms with E-state index in [0.717, 1.165) is 23.4 Å². The summed E-state index contributed by atoms with van der Waals surface area (Å²) >= 11 is 6.16. The van der Waals surface area contributed by atoms with Crippen LogP contribution < -0.4 is 11.1 Å². The fourth-order valence-corrected chi connectivity index (χ4v) is 2.37. The van der Waals surface area contributed by atoms with E-state index >= 15 is 0 Å². The van der Waals surface area contributed by atoms with Crippen LogP contribution in [-0.2, 0) is 11.3 Å². The van der Waals surface area contributed by atoms with Gasteiger partial charge in [0.25, 0.3) is 0 Å². The summed E-state index contributed by atoms with van der Waals surface area (Å²) in [5.41, 5.74) is 6.86. The molecule has 0 spiro atoms. The number of nitrogens with one attached hydrogen (secondary N) is 1. The fraction of sp³-hybridized carbons (Fsp3) is 0.533. The van der Waals surface area contributed by atoms with Gasteiger partial charge in [-0.2, -0.15) is 0 Å². The summed E-state index contributed by atoms with van der Waals surface area (Å²) in [6, 6.07) is 8.18. The van der Waals surface area contributed by atoms with Gasteiger partial charge < -0.3 is 11.1 Å². The molecule has 1 atom stereocenters. The summed E-state index contributed by atoms with van der Waals surface area (Å²) in [5, 5.41) is 3.75. The minimum absolute atomic E-state index is 0.0324. The number of likely N-dealkylation sites (N-methyl/N-ethyl adjacent to an activating group) is 1. The van der Waals surface area contributed by atoms with Crippen molar-refractivity contribution in [3.8, 4) is 0 Å². The second kappa shape index (κ2) is 7.07. The van der Waals surface area contributed by atoms with Crippen molar-refractivity contribution in [3.05, 3.63) is 34.9 Å². The smallest absolute Gasteiger partial charge is 0.221 e. The van der Waals surface area contributed by atoms with Gasteiger partial charge in [0.2, 0.25) is 5.91 Å². The maximum Gasteiger partial charge on any atom is 0.221 e. The van der Waals surface area contributed by atoms with Gasteiger partial charge in [-0.05, 0) is 31.5 Å². The number of halogens is 1. The molecule has 1 unspecified atom stereocenters. The van der Waals surface area contributed by atoms with E-state index in [1.807, 2.05) is 31.3 Å². The number of nitrogens with zero attached hydrogens (tertiary/aromatic N) is 1. The first-order chi connectivity index (χ1) is 9.60. The number of carbonyl (C=O) groups is 1. The Morgan fingerprint density at radius 3 is 2.80 bits per heavy atom. The van der Waals surface area contributed by atoms with Crippen LogP contribution in [0.4, 0.5) is 0 Å². The van der Waals surface area contributed by atoms with Gasteiger partial charge in [0.05, 0.1) is 0 Å². The van der Waals surface area contributed by atoms with Crippen molar-refractivity contribution in [2.75, 3.05) is 13.6 Å². The first-order valence-electron chi connectivity index (χ1n) is 7.03. The van der Waals surface area contributed by atoms with Crippen LogP contribution in [-0.4, -0.2) is 36.5 Å². The van der Waals surface area contributed by atoms with Gasteiger partial charge in [0.1, 0.15) is 0 Å². The highest BCUT2D eigenvalue weighted by molar-refractivity contribution is 6.31. The minimum Gasteiger partial charge on any atom is -0.353 e.